The van der Waals surface area contributed by atoms with Gasteiger partial charge in [0.1, 0.15) is 0 Å². The van der Waals surface area contributed by atoms with Crippen molar-refractivity contribution in [1.29, 1.82) is 0 Å². The molecule has 3 aromatic heterocycles. The van der Waals surface area contributed by atoms with Crippen molar-refractivity contribution < 1.29 is 9.78 Å². The molecule has 1 atom stereocenters. The number of aromatic amines is 1. The van der Waals surface area contributed by atoms with Crippen LogP contribution in [0.5, 0.6) is 0 Å². The molecule has 0 spiro atoms. The van der Waals surface area contributed by atoms with Crippen molar-refractivity contribution in [2.45, 2.75) is 30.3 Å². The molecule has 0 aliphatic carbocycles. The fourth-order valence-electron chi connectivity index (χ4n) is 3.61. The van der Waals surface area contributed by atoms with E-state index in [1.165, 1.54) is 11.8 Å². The first-order valence-corrected chi connectivity index (χ1v) is 11.7. The predicted molar refractivity (Wildman–Crippen MR) is 129 cm³/mol. The van der Waals surface area contributed by atoms with E-state index in [4.69, 9.17) is 15.1 Å². The average Bonchev–Trinajstić information content (AvgIpc) is 3.33. The summed E-state index contributed by atoms with van der Waals surface area (Å²) in [6.07, 6.45) is 4.38. The lowest BCUT2D eigenvalue weighted by Crippen LogP contribution is -2.32. The van der Waals surface area contributed by atoms with Gasteiger partial charge in [0.15, 0.2) is 29.0 Å². The van der Waals surface area contributed by atoms with Crippen LogP contribution in [0.4, 0.5) is 0 Å². The van der Waals surface area contributed by atoms with Gasteiger partial charge in [-0.25, -0.2) is 15.0 Å². The molecule has 0 bridgehead atoms. The minimum absolute atomic E-state index is 0.0298. The highest BCUT2D eigenvalue weighted by molar-refractivity contribution is 8.00. The Bertz CT molecular complexity index is 1400. The third-order valence-electron chi connectivity index (χ3n) is 5.33. The zero-order valence-electron chi connectivity index (χ0n) is 18.1. The van der Waals surface area contributed by atoms with Gasteiger partial charge in [0, 0.05) is 29.1 Å². The number of amides is 1. The fraction of sp³-hybridized carbons (Fsp3) is 0.160. The average molecular weight is 456 g/mol. The lowest BCUT2D eigenvalue weighted by Gasteiger charge is -2.15. The molecule has 0 fully saturated rings. The van der Waals surface area contributed by atoms with Gasteiger partial charge < -0.3 is 5.32 Å². The van der Waals surface area contributed by atoms with Gasteiger partial charge in [0.25, 0.3) is 0 Å². The van der Waals surface area contributed by atoms with Crippen LogP contribution >= 0.6 is 11.8 Å². The van der Waals surface area contributed by atoms with Crippen molar-refractivity contribution in [3.8, 4) is 11.4 Å². The van der Waals surface area contributed by atoms with Crippen LogP contribution < -0.4 is 10.3 Å². The largest absolute Gasteiger partial charge is 0.351 e. The van der Waals surface area contributed by atoms with E-state index in [9.17, 15) is 4.79 Å². The zero-order chi connectivity index (χ0) is 22.6. The Morgan fingerprint density at radius 2 is 1.88 bits per heavy atom. The van der Waals surface area contributed by atoms with E-state index in [0.717, 1.165) is 27.7 Å². The summed E-state index contributed by atoms with van der Waals surface area (Å²) in [5, 5.41) is 9.06. The number of pyridine rings is 1. The highest BCUT2D eigenvalue weighted by atomic mass is 32.2. The number of carbonyl (C=O) groups is 1. The van der Waals surface area contributed by atoms with E-state index in [1.54, 1.807) is 4.52 Å². The van der Waals surface area contributed by atoms with Crippen molar-refractivity contribution >= 4 is 34.2 Å². The maximum absolute atomic E-state index is 13.0. The molecule has 1 unspecified atom stereocenters. The van der Waals surface area contributed by atoms with Crippen LogP contribution in [0.2, 0.25) is 0 Å². The molecule has 7 nitrogen and oxygen atoms in total. The van der Waals surface area contributed by atoms with Crippen molar-refractivity contribution in [3.63, 3.8) is 0 Å². The Hall–Kier alpha value is -3.78. The number of hydrogen-bond donors (Lipinski definition) is 1. The number of thioether (sulfide) groups is 1. The van der Waals surface area contributed by atoms with Crippen molar-refractivity contribution in [2.24, 2.45) is 0 Å². The summed E-state index contributed by atoms with van der Waals surface area (Å²) < 4.78 is 1.76. The zero-order valence-corrected chi connectivity index (χ0v) is 18.9. The quantitative estimate of drug-likeness (QED) is 0.297. The first-order chi connectivity index (χ1) is 16.2. The summed E-state index contributed by atoms with van der Waals surface area (Å²) >= 11 is 1.41. The number of H-pyrrole nitrogens is 1. The molecule has 2 aromatic carbocycles. The number of aromatic nitrogens is 5. The molecule has 5 rings (SSSR count). The van der Waals surface area contributed by atoms with Crippen LogP contribution in [0, 0.1) is 0 Å². The van der Waals surface area contributed by atoms with Crippen LogP contribution in [0.1, 0.15) is 18.9 Å². The maximum Gasteiger partial charge on any atom is 0.233 e. The monoisotopic (exact) mass is 455 g/mol. The molecule has 0 saturated heterocycles. The highest BCUT2D eigenvalue weighted by Gasteiger charge is 2.22. The molecule has 0 saturated carbocycles. The number of hydrogen-bond acceptors (Lipinski definition) is 5. The van der Waals surface area contributed by atoms with Crippen LogP contribution in [0.15, 0.2) is 84.3 Å². The van der Waals surface area contributed by atoms with E-state index in [0.29, 0.717) is 23.9 Å². The lowest BCUT2D eigenvalue weighted by atomic mass is 10.2. The predicted octanol–water partition coefficient (Wildman–Crippen LogP) is 3.95. The van der Waals surface area contributed by atoms with Gasteiger partial charge in [-0.2, -0.15) is 4.52 Å². The Kier molecular flexibility index (Phi) is 5.99. The van der Waals surface area contributed by atoms with E-state index in [1.807, 2.05) is 86.0 Å². The van der Waals surface area contributed by atoms with Crippen molar-refractivity contribution in [3.05, 3.63) is 84.7 Å². The molecule has 5 aromatic rings. The number of benzene rings is 2. The van der Waals surface area contributed by atoms with Gasteiger partial charge in [0.05, 0.1) is 10.8 Å². The second-order valence-electron chi connectivity index (χ2n) is 7.59. The van der Waals surface area contributed by atoms with Crippen molar-refractivity contribution in [2.75, 3.05) is 0 Å². The van der Waals surface area contributed by atoms with Gasteiger partial charge in [-0.1, -0.05) is 61.2 Å². The van der Waals surface area contributed by atoms with Gasteiger partial charge in [-0.3, -0.25) is 4.79 Å². The minimum atomic E-state index is -0.307. The first kappa shape index (κ1) is 21.1. The lowest BCUT2D eigenvalue weighted by molar-refractivity contribution is -0.378. The second-order valence-corrected chi connectivity index (χ2v) is 8.76. The number of nitrogens with one attached hydrogen (secondary N) is 2. The number of nitrogens with zero attached hydrogens (tertiary/aromatic N) is 4. The summed E-state index contributed by atoms with van der Waals surface area (Å²) in [5.41, 5.74) is 3.51. The number of carbonyl (C=O) groups excluding carboxylic acids is 1. The van der Waals surface area contributed by atoms with E-state index in [2.05, 4.69) is 10.3 Å². The molecule has 3 heterocycles. The maximum atomic E-state index is 13.0. The van der Waals surface area contributed by atoms with Crippen LogP contribution in [0.3, 0.4) is 0 Å². The second kappa shape index (κ2) is 9.38. The Morgan fingerprint density at radius 3 is 2.67 bits per heavy atom. The molecule has 2 N–H and O–H groups in total. The standard InChI is InChI=1S/C25H22N6OS/c1-2-21(24(32)27-16-17-9-8-14-26-15-17)33-25-28-20-13-7-6-12-19(20)23-29-22(30-31(23)25)18-10-4-3-5-11-18/h3-15,21H,2,16H2,1H3,(H,27,32)/p+1. The third-order valence-corrected chi connectivity index (χ3v) is 6.64. The number of para-hydroxylation sites is 1. The minimum Gasteiger partial charge on any atom is -0.351 e. The molecule has 164 valence electrons. The third kappa shape index (κ3) is 4.42. The topological polar surface area (TPSA) is 86.3 Å². The fourth-order valence-corrected chi connectivity index (χ4v) is 4.60. The van der Waals surface area contributed by atoms with Crippen LogP contribution in [-0.4, -0.2) is 30.7 Å². The van der Waals surface area contributed by atoms with Gasteiger partial charge in [0.2, 0.25) is 5.91 Å². The molecule has 0 aliphatic rings. The van der Waals surface area contributed by atoms with E-state index < -0.39 is 0 Å². The Morgan fingerprint density at radius 1 is 1.06 bits per heavy atom. The van der Waals surface area contributed by atoms with Gasteiger partial charge >= 0.3 is 0 Å². The van der Waals surface area contributed by atoms with Gasteiger partial charge in [-0.15, -0.1) is 5.10 Å². The van der Waals surface area contributed by atoms with Crippen LogP contribution in [-0.2, 0) is 11.3 Å². The van der Waals surface area contributed by atoms with Gasteiger partial charge in [-0.05, 0) is 24.6 Å². The summed E-state index contributed by atoms with van der Waals surface area (Å²) in [6.45, 7) is 2.47. The summed E-state index contributed by atoms with van der Waals surface area (Å²) in [6, 6.07) is 21.6. The first-order valence-electron chi connectivity index (χ1n) is 10.8. The summed E-state index contributed by atoms with van der Waals surface area (Å²) in [4.78, 5) is 25.7. The molecule has 8 heteroatoms. The molecular weight excluding hydrogens is 432 g/mol. The Balaban J connectivity index is 1.49. The van der Waals surface area contributed by atoms with E-state index in [-0.39, 0.29) is 11.2 Å². The van der Waals surface area contributed by atoms with E-state index >= 15 is 0 Å². The molecule has 0 aliphatic heterocycles. The highest BCUT2D eigenvalue weighted by Crippen LogP contribution is 2.29. The summed E-state index contributed by atoms with van der Waals surface area (Å²) in [7, 11) is 0. The molecule has 0 radical (unpaired) electrons. The summed E-state index contributed by atoms with van der Waals surface area (Å²) in [5.74, 6) is 0.603. The Labute approximate surface area is 195 Å². The normalized spacial score (nSPS) is 12.2. The SMILES string of the molecule is CCC(Sc1nc2ccccc2c2nc(-c3ccccc3)nn12)C(=O)NCc1ccc[nH+]c1. The smallest absolute Gasteiger partial charge is 0.233 e. The number of rotatable bonds is 7. The van der Waals surface area contributed by atoms with Crippen molar-refractivity contribution in [1.82, 2.24) is 24.9 Å². The molecular formula is C25H23N6OS+. The number of fused-ring (bicyclic) bond motifs is 3. The molecule has 1 amide bonds. The van der Waals surface area contributed by atoms with Crippen LogP contribution in [0.25, 0.3) is 27.9 Å². The molecule has 33 heavy (non-hydrogen) atoms.